The minimum atomic E-state index is 1.19. The molecule has 0 radical (unpaired) electrons. The molecule has 1 aromatic rings. The van der Waals surface area contributed by atoms with E-state index in [9.17, 15) is 0 Å². The highest BCUT2D eigenvalue weighted by molar-refractivity contribution is 7.11. The Kier molecular flexibility index (Phi) is 6.66. The van der Waals surface area contributed by atoms with Gasteiger partial charge < -0.3 is 0 Å². The first-order chi connectivity index (χ1) is 7.36. The SMILES string of the molecule is CCCCCc1cnc(CCCCC)s1. The van der Waals surface area contributed by atoms with Gasteiger partial charge >= 0.3 is 0 Å². The van der Waals surface area contributed by atoms with E-state index < -0.39 is 0 Å². The fourth-order valence-electron chi connectivity index (χ4n) is 1.65. The molecule has 1 heterocycles. The molecular formula is C13H23NS. The third-order valence-corrected chi connectivity index (χ3v) is 3.74. The van der Waals surface area contributed by atoms with Crippen LogP contribution in [0.25, 0.3) is 0 Å². The van der Waals surface area contributed by atoms with Gasteiger partial charge in [0, 0.05) is 11.1 Å². The lowest BCUT2D eigenvalue weighted by Crippen LogP contribution is -1.82. The van der Waals surface area contributed by atoms with Crippen LogP contribution in [-0.2, 0) is 12.8 Å². The van der Waals surface area contributed by atoms with Crippen LogP contribution in [0, 0.1) is 0 Å². The van der Waals surface area contributed by atoms with Gasteiger partial charge in [-0.25, -0.2) is 4.98 Å². The van der Waals surface area contributed by atoms with Gasteiger partial charge in [0.05, 0.1) is 5.01 Å². The average molecular weight is 225 g/mol. The molecule has 0 aliphatic carbocycles. The Labute approximate surface area is 97.9 Å². The van der Waals surface area contributed by atoms with Crippen LogP contribution >= 0.6 is 11.3 Å². The van der Waals surface area contributed by atoms with Crippen molar-refractivity contribution in [3.05, 3.63) is 16.1 Å². The molecule has 0 aliphatic rings. The number of thiazole rings is 1. The Morgan fingerprint density at radius 3 is 2.33 bits per heavy atom. The predicted molar refractivity (Wildman–Crippen MR) is 68.6 cm³/mol. The van der Waals surface area contributed by atoms with Crippen LogP contribution in [0.2, 0.25) is 0 Å². The van der Waals surface area contributed by atoms with Crippen molar-refractivity contribution in [2.45, 2.75) is 65.2 Å². The minimum absolute atomic E-state index is 1.19. The summed E-state index contributed by atoms with van der Waals surface area (Å²) < 4.78 is 0. The normalized spacial score (nSPS) is 10.8. The molecule has 0 unspecified atom stereocenters. The Morgan fingerprint density at radius 1 is 1.00 bits per heavy atom. The molecule has 15 heavy (non-hydrogen) atoms. The molecule has 0 N–H and O–H groups in total. The lowest BCUT2D eigenvalue weighted by Gasteiger charge is -1.95. The van der Waals surface area contributed by atoms with E-state index in [1.165, 1.54) is 61.3 Å². The highest BCUT2D eigenvalue weighted by atomic mass is 32.1. The van der Waals surface area contributed by atoms with Crippen LogP contribution in [0.3, 0.4) is 0 Å². The average Bonchev–Trinajstić information content (AvgIpc) is 2.67. The van der Waals surface area contributed by atoms with Crippen LogP contribution in [0.1, 0.15) is 62.3 Å². The van der Waals surface area contributed by atoms with Crippen LogP contribution in [0.4, 0.5) is 0 Å². The Hall–Kier alpha value is -0.370. The third kappa shape index (κ3) is 5.31. The van der Waals surface area contributed by atoms with Crippen molar-refractivity contribution < 1.29 is 0 Å². The van der Waals surface area contributed by atoms with Crippen molar-refractivity contribution in [1.29, 1.82) is 0 Å². The highest BCUT2D eigenvalue weighted by Crippen LogP contribution is 2.17. The van der Waals surface area contributed by atoms with Crippen molar-refractivity contribution in [3.63, 3.8) is 0 Å². The molecule has 1 rings (SSSR count). The summed E-state index contributed by atoms with van der Waals surface area (Å²) in [6, 6.07) is 0. The van der Waals surface area contributed by atoms with Gasteiger partial charge in [-0.3, -0.25) is 0 Å². The summed E-state index contributed by atoms with van der Waals surface area (Å²) in [5.41, 5.74) is 0. The van der Waals surface area contributed by atoms with Crippen molar-refractivity contribution in [2.24, 2.45) is 0 Å². The molecule has 0 atom stereocenters. The van der Waals surface area contributed by atoms with Crippen LogP contribution in [0.5, 0.6) is 0 Å². The topological polar surface area (TPSA) is 12.9 Å². The fraction of sp³-hybridized carbons (Fsp3) is 0.769. The summed E-state index contributed by atoms with van der Waals surface area (Å²) in [6.07, 6.45) is 12.4. The molecule has 1 aromatic heterocycles. The Bertz CT molecular complexity index is 230. The van der Waals surface area contributed by atoms with Crippen molar-refractivity contribution in [1.82, 2.24) is 4.98 Å². The van der Waals surface area contributed by atoms with Crippen LogP contribution in [0.15, 0.2) is 6.20 Å². The van der Waals surface area contributed by atoms with Gasteiger partial charge in [-0.05, 0) is 25.7 Å². The fourth-order valence-corrected chi connectivity index (χ4v) is 2.66. The molecule has 0 saturated carbocycles. The van der Waals surface area contributed by atoms with E-state index in [1.807, 2.05) is 11.3 Å². The largest absolute Gasteiger partial charge is 0.249 e. The second-order valence-corrected chi connectivity index (χ2v) is 5.33. The number of hydrogen-bond acceptors (Lipinski definition) is 2. The van der Waals surface area contributed by atoms with E-state index >= 15 is 0 Å². The first kappa shape index (κ1) is 12.7. The lowest BCUT2D eigenvalue weighted by atomic mass is 10.2. The van der Waals surface area contributed by atoms with Gasteiger partial charge in [-0.2, -0.15) is 0 Å². The van der Waals surface area contributed by atoms with Gasteiger partial charge in [-0.1, -0.05) is 39.5 Å². The number of rotatable bonds is 8. The van der Waals surface area contributed by atoms with Gasteiger partial charge in [0.15, 0.2) is 0 Å². The highest BCUT2D eigenvalue weighted by Gasteiger charge is 2.01. The summed E-state index contributed by atoms with van der Waals surface area (Å²) in [4.78, 5) is 5.97. The van der Waals surface area contributed by atoms with Crippen molar-refractivity contribution in [3.8, 4) is 0 Å². The summed E-state index contributed by atoms with van der Waals surface area (Å²) in [5, 5.41) is 1.34. The molecule has 1 nitrogen and oxygen atoms in total. The summed E-state index contributed by atoms with van der Waals surface area (Å²) in [5.74, 6) is 0. The second-order valence-electron chi connectivity index (χ2n) is 4.13. The lowest BCUT2D eigenvalue weighted by molar-refractivity contribution is 0.714. The van der Waals surface area contributed by atoms with E-state index in [4.69, 9.17) is 0 Å². The first-order valence-electron chi connectivity index (χ1n) is 6.30. The van der Waals surface area contributed by atoms with Crippen molar-refractivity contribution >= 4 is 11.3 Å². The molecule has 0 saturated heterocycles. The molecule has 86 valence electrons. The molecule has 0 aliphatic heterocycles. The number of nitrogens with zero attached hydrogens (tertiary/aromatic N) is 1. The van der Waals surface area contributed by atoms with Crippen molar-refractivity contribution in [2.75, 3.05) is 0 Å². The first-order valence-corrected chi connectivity index (χ1v) is 7.12. The third-order valence-electron chi connectivity index (χ3n) is 2.62. The number of aryl methyl sites for hydroxylation is 2. The Balaban J connectivity index is 2.23. The zero-order valence-electron chi connectivity index (χ0n) is 10.1. The van der Waals surface area contributed by atoms with Gasteiger partial charge in [0.1, 0.15) is 0 Å². The van der Waals surface area contributed by atoms with Gasteiger partial charge in [0.2, 0.25) is 0 Å². The zero-order valence-corrected chi connectivity index (χ0v) is 10.9. The maximum Gasteiger partial charge on any atom is 0.0927 e. The molecule has 0 fully saturated rings. The number of aromatic nitrogens is 1. The van der Waals surface area contributed by atoms with Gasteiger partial charge in [-0.15, -0.1) is 11.3 Å². The van der Waals surface area contributed by atoms with E-state index in [1.54, 1.807) is 0 Å². The molecular weight excluding hydrogens is 202 g/mol. The summed E-state index contributed by atoms with van der Waals surface area (Å²) in [7, 11) is 0. The van der Waals surface area contributed by atoms with E-state index in [0.717, 1.165) is 0 Å². The predicted octanol–water partition coefficient (Wildman–Crippen LogP) is 4.61. The van der Waals surface area contributed by atoms with E-state index in [0.29, 0.717) is 0 Å². The Morgan fingerprint density at radius 2 is 1.67 bits per heavy atom. The maximum atomic E-state index is 4.49. The van der Waals surface area contributed by atoms with E-state index in [-0.39, 0.29) is 0 Å². The summed E-state index contributed by atoms with van der Waals surface area (Å²) in [6.45, 7) is 4.50. The van der Waals surface area contributed by atoms with Gasteiger partial charge in [0.25, 0.3) is 0 Å². The molecule has 2 heteroatoms. The standard InChI is InChI=1S/C13H23NS/c1-3-5-7-9-12-11-14-13(15-12)10-8-6-4-2/h11H,3-10H2,1-2H3. The molecule has 0 aromatic carbocycles. The minimum Gasteiger partial charge on any atom is -0.249 e. The monoisotopic (exact) mass is 225 g/mol. The molecule has 0 amide bonds. The van der Waals surface area contributed by atoms with Crippen LogP contribution in [-0.4, -0.2) is 4.98 Å². The quantitative estimate of drug-likeness (QED) is 0.589. The maximum absolute atomic E-state index is 4.49. The number of unbranched alkanes of at least 4 members (excludes halogenated alkanes) is 4. The number of hydrogen-bond donors (Lipinski definition) is 0. The van der Waals surface area contributed by atoms with E-state index in [2.05, 4.69) is 25.0 Å². The zero-order chi connectivity index (χ0) is 10.9. The molecule has 0 spiro atoms. The smallest absolute Gasteiger partial charge is 0.0927 e. The molecule has 0 bridgehead atoms. The second kappa shape index (κ2) is 7.86. The van der Waals surface area contributed by atoms with Crippen LogP contribution < -0.4 is 0 Å². The summed E-state index contributed by atoms with van der Waals surface area (Å²) >= 11 is 1.92.